The predicted octanol–water partition coefficient (Wildman–Crippen LogP) is 5.13. The Hall–Kier alpha value is 0.140. The van der Waals surface area contributed by atoms with E-state index in [1.54, 1.807) is 0 Å². The highest BCUT2D eigenvalue weighted by Gasteiger charge is 2.26. The van der Waals surface area contributed by atoms with Crippen LogP contribution in [0.25, 0.3) is 0 Å². The maximum atomic E-state index is 3.76. The largest absolute Gasteiger partial charge is 0.309 e. The highest BCUT2D eigenvalue weighted by atomic mass is 79.9. The summed E-state index contributed by atoms with van der Waals surface area (Å²) in [4.78, 5) is 1.50. The van der Waals surface area contributed by atoms with Gasteiger partial charge in [0.25, 0.3) is 0 Å². The van der Waals surface area contributed by atoms with Gasteiger partial charge in [-0.05, 0) is 59.1 Å². The van der Waals surface area contributed by atoms with Crippen LogP contribution in [0.4, 0.5) is 0 Å². The molecule has 1 heterocycles. The summed E-state index contributed by atoms with van der Waals surface area (Å²) >= 11 is 5.59. The first-order valence-corrected chi connectivity index (χ1v) is 8.46. The van der Waals surface area contributed by atoms with E-state index in [1.165, 1.54) is 47.9 Å². The fraction of sp³-hybridized carbons (Fsp3) is 0.714. The molecule has 1 saturated carbocycles. The molecule has 0 radical (unpaired) electrons. The van der Waals surface area contributed by atoms with Crippen molar-refractivity contribution in [3.05, 3.63) is 20.8 Å². The lowest BCUT2D eigenvalue weighted by atomic mass is 9.83. The number of nitrogens with one attached hydrogen (secondary N) is 1. The predicted molar refractivity (Wildman–Crippen MR) is 79.6 cm³/mol. The number of rotatable bonds is 5. The van der Waals surface area contributed by atoms with Gasteiger partial charge in [-0.15, -0.1) is 11.3 Å². The van der Waals surface area contributed by atoms with Crippen LogP contribution >= 0.6 is 27.3 Å². The molecule has 0 aliphatic heterocycles. The summed E-state index contributed by atoms with van der Waals surface area (Å²) in [5.41, 5.74) is 0. The second-order valence-electron chi connectivity index (χ2n) is 4.96. The molecule has 1 unspecified atom stereocenters. The highest BCUT2D eigenvalue weighted by Crippen LogP contribution is 2.39. The van der Waals surface area contributed by atoms with Crippen molar-refractivity contribution in [1.29, 1.82) is 0 Å². The summed E-state index contributed by atoms with van der Waals surface area (Å²) in [5.74, 6) is 0.838. The van der Waals surface area contributed by atoms with Crippen LogP contribution in [0.1, 0.15) is 56.4 Å². The third-order valence-corrected chi connectivity index (χ3v) is 5.62. The zero-order valence-corrected chi connectivity index (χ0v) is 12.9. The third-order valence-electron chi connectivity index (χ3n) is 3.66. The van der Waals surface area contributed by atoms with Crippen molar-refractivity contribution >= 4 is 27.3 Å². The first-order valence-electron chi connectivity index (χ1n) is 6.79. The second-order valence-corrected chi connectivity index (χ2v) is 6.76. The highest BCUT2D eigenvalue weighted by molar-refractivity contribution is 9.10. The van der Waals surface area contributed by atoms with E-state index in [-0.39, 0.29) is 0 Å². The minimum atomic E-state index is 0.574. The van der Waals surface area contributed by atoms with Crippen LogP contribution in [0.2, 0.25) is 0 Å². The number of thiophene rings is 1. The van der Waals surface area contributed by atoms with E-state index in [0.717, 1.165) is 12.5 Å². The van der Waals surface area contributed by atoms with Crippen molar-refractivity contribution in [3.8, 4) is 0 Å². The molecule has 17 heavy (non-hydrogen) atoms. The number of halogens is 1. The molecule has 1 aromatic rings. The van der Waals surface area contributed by atoms with Crippen LogP contribution in [-0.2, 0) is 0 Å². The third kappa shape index (κ3) is 3.55. The first kappa shape index (κ1) is 13.6. The summed E-state index contributed by atoms with van der Waals surface area (Å²) in [7, 11) is 0. The SMILES string of the molecule is CCCNC(c1sccc1Br)C1CCCCC1. The van der Waals surface area contributed by atoms with Gasteiger partial charge in [-0.25, -0.2) is 0 Å². The van der Waals surface area contributed by atoms with Crippen molar-refractivity contribution in [3.63, 3.8) is 0 Å². The van der Waals surface area contributed by atoms with Gasteiger partial charge in [0, 0.05) is 15.4 Å². The minimum Gasteiger partial charge on any atom is -0.309 e. The van der Waals surface area contributed by atoms with Gasteiger partial charge in [-0.1, -0.05) is 26.2 Å². The van der Waals surface area contributed by atoms with E-state index < -0.39 is 0 Å². The number of hydrogen-bond acceptors (Lipinski definition) is 2. The molecule has 1 aliphatic rings. The Morgan fingerprint density at radius 1 is 1.41 bits per heavy atom. The van der Waals surface area contributed by atoms with E-state index in [2.05, 4.69) is 39.6 Å². The zero-order chi connectivity index (χ0) is 12.1. The molecule has 1 atom stereocenters. The van der Waals surface area contributed by atoms with Gasteiger partial charge < -0.3 is 5.32 Å². The molecule has 0 amide bonds. The smallest absolute Gasteiger partial charge is 0.0454 e. The van der Waals surface area contributed by atoms with Crippen molar-refractivity contribution in [2.75, 3.05) is 6.54 Å². The Bertz CT molecular complexity index is 331. The molecule has 1 nitrogen and oxygen atoms in total. The van der Waals surface area contributed by atoms with Gasteiger partial charge in [0.05, 0.1) is 0 Å². The molecule has 1 aliphatic carbocycles. The summed E-state index contributed by atoms with van der Waals surface area (Å²) < 4.78 is 1.29. The van der Waals surface area contributed by atoms with Crippen molar-refractivity contribution in [2.45, 2.75) is 51.5 Å². The van der Waals surface area contributed by atoms with Gasteiger partial charge in [0.2, 0.25) is 0 Å². The van der Waals surface area contributed by atoms with Crippen LogP contribution in [-0.4, -0.2) is 6.54 Å². The lowest BCUT2D eigenvalue weighted by Gasteiger charge is -2.30. The molecule has 0 saturated heterocycles. The maximum Gasteiger partial charge on any atom is 0.0454 e. The van der Waals surface area contributed by atoms with E-state index in [0.29, 0.717) is 6.04 Å². The standard InChI is InChI=1S/C14H22BrNS/c1-2-9-16-13(11-6-4-3-5-7-11)14-12(15)8-10-17-14/h8,10-11,13,16H,2-7,9H2,1H3. The average Bonchev–Trinajstić information content (AvgIpc) is 2.78. The fourth-order valence-corrected chi connectivity index (χ4v) is 4.56. The lowest BCUT2D eigenvalue weighted by Crippen LogP contribution is -2.29. The Kier molecular flexibility index (Phi) is 5.51. The van der Waals surface area contributed by atoms with Crippen molar-refractivity contribution < 1.29 is 0 Å². The first-order chi connectivity index (χ1) is 8.33. The molecule has 96 valence electrons. The van der Waals surface area contributed by atoms with E-state index in [1.807, 2.05) is 11.3 Å². The van der Waals surface area contributed by atoms with Crippen LogP contribution in [0, 0.1) is 5.92 Å². The van der Waals surface area contributed by atoms with Crippen LogP contribution < -0.4 is 5.32 Å². The number of hydrogen-bond donors (Lipinski definition) is 1. The Morgan fingerprint density at radius 2 is 2.18 bits per heavy atom. The molecule has 1 fully saturated rings. The maximum absolute atomic E-state index is 3.76. The molecule has 1 aromatic heterocycles. The molecule has 2 rings (SSSR count). The van der Waals surface area contributed by atoms with E-state index >= 15 is 0 Å². The summed E-state index contributed by atoms with van der Waals surface area (Å²) in [5, 5.41) is 5.96. The molecule has 0 spiro atoms. The molecule has 0 aromatic carbocycles. The normalized spacial score (nSPS) is 19.4. The van der Waals surface area contributed by atoms with Gasteiger partial charge in [0.1, 0.15) is 0 Å². The minimum absolute atomic E-state index is 0.574. The Labute approximate surface area is 117 Å². The molecule has 0 bridgehead atoms. The van der Waals surface area contributed by atoms with Crippen LogP contribution in [0.5, 0.6) is 0 Å². The van der Waals surface area contributed by atoms with Crippen LogP contribution in [0.15, 0.2) is 15.9 Å². The monoisotopic (exact) mass is 315 g/mol. The quantitative estimate of drug-likeness (QED) is 0.794. The van der Waals surface area contributed by atoms with Gasteiger partial charge in [-0.2, -0.15) is 0 Å². The lowest BCUT2D eigenvalue weighted by molar-refractivity contribution is 0.274. The van der Waals surface area contributed by atoms with Gasteiger partial charge in [-0.3, -0.25) is 0 Å². The van der Waals surface area contributed by atoms with Gasteiger partial charge >= 0.3 is 0 Å². The molecule has 1 N–H and O–H groups in total. The van der Waals surface area contributed by atoms with E-state index in [4.69, 9.17) is 0 Å². The van der Waals surface area contributed by atoms with E-state index in [9.17, 15) is 0 Å². The second kappa shape index (κ2) is 6.91. The van der Waals surface area contributed by atoms with Crippen molar-refractivity contribution in [2.24, 2.45) is 5.92 Å². The Morgan fingerprint density at radius 3 is 2.76 bits per heavy atom. The summed E-state index contributed by atoms with van der Waals surface area (Å²) in [6.07, 6.45) is 8.27. The average molecular weight is 316 g/mol. The molecular formula is C14H22BrNS. The van der Waals surface area contributed by atoms with Crippen LogP contribution in [0.3, 0.4) is 0 Å². The zero-order valence-electron chi connectivity index (χ0n) is 10.5. The molecule has 3 heteroatoms. The Balaban J connectivity index is 2.09. The summed E-state index contributed by atoms with van der Waals surface area (Å²) in [6, 6.07) is 2.76. The van der Waals surface area contributed by atoms with Gasteiger partial charge in [0.15, 0.2) is 0 Å². The fourth-order valence-electron chi connectivity index (χ4n) is 2.77. The summed E-state index contributed by atoms with van der Waals surface area (Å²) in [6.45, 7) is 3.37. The van der Waals surface area contributed by atoms with Crippen molar-refractivity contribution in [1.82, 2.24) is 5.32 Å². The topological polar surface area (TPSA) is 12.0 Å². The molecular weight excluding hydrogens is 294 g/mol.